The van der Waals surface area contributed by atoms with Gasteiger partial charge in [0.15, 0.2) is 11.5 Å². The summed E-state index contributed by atoms with van der Waals surface area (Å²) in [5, 5.41) is 14.9. The number of anilines is 1. The molecule has 3 N–H and O–H groups in total. The van der Waals surface area contributed by atoms with Gasteiger partial charge in [0.1, 0.15) is 5.75 Å². The molecule has 0 aliphatic carbocycles. The van der Waals surface area contributed by atoms with Crippen LogP contribution in [0.4, 0.5) is 5.69 Å². The molecule has 0 heterocycles. The molecule has 2 aromatic rings. The number of phenols is 1. The summed E-state index contributed by atoms with van der Waals surface area (Å²) in [5.41, 5.74) is 1.38. The van der Waals surface area contributed by atoms with Crippen LogP contribution in [0.1, 0.15) is 15.9 Å². The summed E-state index contributed by atoms with van der Waals surface area (Å²) in [6, 6.07) is 7.85. The fraction of sp³-hybridized carbons (Fsp3) is 0.263. The molecule has 0 saturated heterocycles. The van der Waals surface area contributed by atoms with Crippen molar-refractivity contribution in [2.75, 3.05) is 33.2 Å². The van der Waals surface area contributed by atoms with E-state index in [4.69, 9.17) is 14.2 Å². The molecule has 0 aliphatic rings. The van der Waals surface area contributed by atoms with Crippen LogP contribution in [-0.2, 0) is 4.79 Å². The first-order valence-electron chi connectivity index (χ1n) is 8.07. The van der Waals surface area contributed by atoms with Crippen molar-refractivity contribution in [3.05, 3.63) is 41.5 Å². The Hall–Kier alpha value is -3.42. The second-order valence-electron chi connectivity index (χ2n) is 5.67. The molecule has 2 rings (SSSR count). The van der Waals surface area contributed by atoms with Gasteiger partial charge >= 0.3 is 0 Å². The number of nitrogens with one attached hydrogen (secondary N) is 2. The minimum atomic E-state index is -0.488. The van der Waals surface area contributed by atoms with E-state index < -0.39 is 11.8 Å². The highest BCUT2D eigenvalue weighted by Crippen LogP contribution is 2.38. The second kappa shape index (κ2) is 8.79. The molecule has 0 bridgehead atoms. The van der Waals surface area contributed by atoms with Crippen molar-refractivity contribution in [1.82, 2.24) is 5.32 Å². The zero-order valence-corrected chi connectivity index (χ0v) is 15.6. The van der Waals surface area contributed by atoms with Crippen molar-refractivity contribution in [1.29, 1.82) is 0 Å². The van der Waals surface area contributed by atoms with Gasteiger partial charge in [-0.1, -0.05) is 6.07 Å². The highest BCUT2D eigenvalue weighted by atomic mass is 16.5. The van der Waals surface area contributed by atoms with Gasteiger partial charge in [0, 0.05) is 5.56 Å². The van der Waals surface area contributed by atoms with Gasteiger partial charge in [0.25, 0.3) is 5.91 Å². The number of benzene rings is 2. The average molecular weight is 374 g/mol. The van der Waals surface area contributed by atoms with Gasteiger partial charge in [0.2, 0.25) is 11.7 Å². The number of carbonyl (C=O) groups excluding carboxylic acids is 2. The summed E-state index contributed by atoms with van der Waals surface area (Å²) in [6.45, 7) is 1.55. The third kappa shape index (κ3) is 4.81. The monoisotopic (exact) mass is 374 g/mol. The van der Waals surface area contributed by atoms with Gasteiger partial charge in [-0.05, 0) is 36.8 Å². The summed E-state index contributed by atoms with van der Waals surface area (Å²) in [5.74, 6) is 0.0166. The van der Waals surface area contributed by atoms with Gasteiger partial charge in [-0.3, -0.25) is 9.59 Å². The molecule has 0 radical (unpaired) electrons. The summed E-state index contributed by atoms with van der Waals surface area (Å²) in [6.07, 6.45) is 0. The van der Waals surface area contributed by atoms with Crippen molar-refractivity contribution >= 4 is 17.5 Å². The van der Waals surface area contributed by atoms with Crippen LogP contribution in [0.15, 0.2) is 30.3 Å². The van der Waals surface area contributed by atoms with Crippen LogP contribution < -0.4 is 24.8 Å². The number of hydrogen-bond acceptors (Lipinski definition) is 6. The molecule has 8 nitrogen and oxygen atoms in total. The van der Waals surface area contributed by atoms with Crippen molar-refractivity contribution in [3.63, 3.8) is 0 Å². The number of amides is 2. The van der Waals surface area contributed by atoms with Crippen molar-refractivity contribution in [2.45, 2.75) is 6.92 Å². The molecule has 144 valence electrons. The first kappa shape index (κ1) is 19.9. The molecule has 8 heteroatoms. The topological polar surface area (TPSA) is 106 Å². The summed E-state index contributed by atoms with van der Waals surface area (Å²) in [4.78, 5) is 24.4. The fourth-order valence-corrected chi connectivity index (χ4v) is 2.42. The zero-order chi connectivity index (χ0) is 20.0. The molecule has 0 aromatic heterocycles. The van der Waals surface area contributed by atoms with Gasteiger partial charge in [-0.2, -0.15) is 0 Å². The van der Waals surface area contributed by atoms with Crippen LogP contribution in [0.25, 0.3) is 0 Å². The molecule has 2 aromatic carbocycles. The maximum Gasteiger partial charge on any atom is 0.251 e. The second-order valence-corrected chi connectivity index (χ2v) is 5.67. The maximum absolute atomic E-state index is 12.4. The van der Waals surface area contributed by atoms with E-state index in [1.807, 2.05) is 6.92 Å². The smallest absolute Gasteiger partial charge is 0.251 e. The normalized spacial score (nSPS) is 10.1. The molecule has 0 aliphatic heterocycles. The van der Waals surface area contributed by atoms with E-state index in [0.717, 1.165) is 5.56 Å². The van der Waals surface area contributed by atoms with E-state index in [2.05, 4.69) is 10.6 Å². The van der Waals surface area contributed by atoms with Gasteiger partial charge < -0.3 is 30.0 Å². The Bertz CT molecular complexity index is 825. The molecule has 0 spiro atoms. The number of carbonyl (C=O) groups is 2. The van der Waals surface area contributed by atoms with Crippen LogP contribution in [0.2, 0.25) is 0 Å². The Morgan fingerprint density at radius 1 is 1.00 bits per heavy atom. The van der Waals surface area contributed by atoms with Crippen LogP contribution >= 0.6 is 0 Å². The first-order chi connectivity index (χ1) is 12.9. The molecular formula is C19H22N2O6. The average Bonchev–Trinajstić information content (AvgIpc) is 2.66. The Morgan fingerprint density at radius 3 is 2.15 bits per heavy atom. The number of methoxy groups -OCH3 is 3. The number of ether oxygens (including phenoxy) is 3. The quantitative estimate of drug-likeness (QED) is 0.641. The highest BCUT2D eigenvalue weighted by Gasteiger charge is 2.17. The molecule has 0 atom stereocenters. The number of aromatic hydroxyl groups is 1. The zero-order valence-electron chi connectivity index (χ0n) is 15.6. The number of rotatable bonds is 7. The minimum Gasteiger partial charge on any atom is -0.506 e. The third-order valence-corrected chi connectivity index (χ3v) is 3.76. The molecular weight excluding hydrogens is 352 g/mol. The number of hydrogen-bond donors (Lipinski definition) is 3. The SMILES string of the molecule is COc1cc(C(=O)NCC(=O)Nc2ccc(C)cc2O)cc(OC)c1OC. The lowest BCUT2D eigenvalue weighted by Crippen LogP contribution is -2.32. The Kier molecular flexibility index (Phi) is 6.48. The summed E-state index contributed by atoms with van der Waals surface area (Å²) < 4.78 is 15.6. The van der Waals surface area contributed by atoms with Crippen LogP contribution in [-0.4, -0.2) is 44.8 Å². The predicted octanol–water partition coefficient (Wildman–Crippen LogP) is 2.09. The molecule has 2 amide bonds. The van der Waals surface area contributed by atoms with Crippen LogP contribution in [0.5, 0.6) is 23.0 Å². The van der Waals surface area contributed by atoms with E-state index in [9.17, 15) is 14.7 Å². The Morgan fingerprint density at radius 2 is 1.63 bits per heavy atom. The van der Waals surface area contributed by atoms with E-state index >= 15 is 0 Å². The van der Waals surface area contributed by atoms with Crippen LogP contribution in [0.3, 0.4) is 0 Å². The Labute approximate surface area is 157 Å². The van der Waals surface area contributed by atoms with E-state index in [1.165, 1.54) is 39.5 Å². The summed E-state index contributed by atoms with van der Waals surface area (Å²) >= 11 is 0. The van der Waals surface area contributed by atoms with Crippen LogP contribution in [0, 0.1) is 6.92 Å². The van der Waals surface area contributed by atoms with Crippen molar-refractivity contribution in [3.8, 4) is 23.0 Å². The third-order valence-electron chi connectivity index (χ3n) is 3.76. The molecule has 0 unspecified atom stereocenters. The first-order valence-corrected chi connectivity index (χ1v) is 8.07. The predicted molar refractivity (Wildman–Crippen MR) is 99.9 cm³/mol. The van der Waals surface area contributed by atoms with E-state index in [-0.39, 0.29) is 23.5 Å². The van der Waals surface area contributed by atoms with Crippen molar-refractivity contribution in [2.24, 2.45) is 0 Å². The van der Waals surface area contributed by atoms with Gasteiger partial charge in [-0.15, -0.1) is 0 Å². The van der Waals surface area contributed by atoms with Gasteiger partial charge in [0.05, 0.1) is 33.6 Å². The molecule has 0 fully saturated rings. The summed E-state index contributed by atoms with van der Waals surface area (Å²) in [7, 11) is 4.35. The van der Waals surface area contributed by atoms with Gasteiger partial charge in [-0.25, -0.2) is 0 Å². The minimum absolute atomic E-state index is 0.0423. The number of phenolic OH excluding ortho intramolecular Hbond substituents is 1. The van der Waals surface area contributed by atoms with E-state index in [0.29, 0.717) is 17.2 Å². The fourth-order valence-electron chi connectivity index (χ4n) is 2.42. The standard InChI is InChI=1S/C19H22N2O6/c1-11-5-6-13(14(22)7-11)21-17(23)10-20-19(24)12-8-15(25-2)18(27-4)16(9-12)26-3/h5-9,22H,10H2,1-4H3,(H,20,24)(H,21,23). The number of aryl methyl sites for hydroxylation is 1. The lowest BCUT2D eigenvalue weighted by molar-refractivity contribution is -0.115. The Balaban J connectivity index is 2.05. The molecule has 27 heavy (non-hydrogen) atoms. The highest BCUT2D eigenvalue weighted by molar-refractivity contribution is 6.00. The largest absolute Gasteiger partial charge is 0.506 e. The lowest BCUT2D eigenvalue weighted by atomic mass is 10.1. The lowest BCUT2D eigenvalue weighted by Gasteiger charge is -2.14. The maximum atomic E-state index is 12.4. The molecule has 0 saturated carbocycles. The van der Waals surface area contributed by atoms with E-state index in [1.54, 1.807) is 12.1 Å². The van der Waals surface area contributed by atoms with Crippen molar-refractivity contribution < 1.29 is 28.9 Å².